The minimum atomic E-state index is -1.00. The molecule has 66 valence electrons. The molecule has 13 heavy (non-hydrogen) atoms. The van der Waals surface area contributed by atoms with Crippen LogP contribution in [0.1, 0.15) is 5.56 Å². The van der Waals surface area contributed by atoms with Gasteiger partial charge in [0.25, 0.3) is 5.30 Å². The van der Waals surface area contributed by atoms with Crippen molar-refractivity contribution in [3.8, 4) is 0 Å². The van der Waals surface area contributed by atoms with Gasteiger partial charge in [-0.25, -0.2) is 0 Å². The minimum absolute atomic E-state index is 0.816. The second-order valence-corrected chi connectivity index (χ2v) is 5.86. The maximum Gasteiger partial charge on any atom is 0.292 e. The van der Waals surface area contributed by atoms with Crippen molar-refractivity contribution in [1.29, 1.82) is 0 Å². The normalized spacial score (nSPS) is 19.5. The molecule has 1 heterocycles. The first-order valence-corrected chi connectivity index (χ1v) is 6.29. The summed E-state index contributed by atoms with van der Waals surface area (Å²) in [7, 11) is 0.528. The average Bonchev–Trinajstić information content (AvgIpc) is 2.17. The second-order valence-electron chi connectivity index (χ2n) is 2.47. The molecule has 0 saturated carbocycles. The third-order valence-electron chi connectivity index (χ3n) is 1.63. The topological polar surface area (TPSA) is 40.1 Å². The molecular formula is C9H6O2S2. The summed E-state index contributed by atoms with van der Waals surface area (Å²) in [6.45, 7) is 0. The number of hydrogen-bond acceptors (Lipinski definition) is 3. The second kappa shape index (κ2) is 3.47. The Morgan fingerprint density at radius 3 is 2.92 bits per heavy atom. The Morgan fingerprint density at radius 1 is 1.38 bits per heavy atom. The quantitative estimate of drug-likeness (QED) is 0.483. The zero-order valence-electron chi connectivity index (χ0n) is 6.60. The van der Waals surface area contributed by atoms with Crippen LogP contribution in [0.25, 0.3) is 6.08 Å². The molecule has 0 aliphatic carbocycles. The molecule has 1 unspecified atom stereocenters. The first-order chi connectivity index (χ1) is 6.27. The number of carbonyl (C=O) groups is 1. The standard InChI is InChI=1S/C9H6O2S2/c10-9(11)13-6-5-7-3-1-2-4-8(7)12-13/h1-6H. The van der Waals surface area contributed by atoms with Crippen molar-refractivity contribution in [2.75, 3.05) is 0 Å². The van der Waals surface area contributed by atoms with Gasteiger partial charge in [-0.05, 0) is 17.7 Å². The number of benzene rings is 1. The van der Waals surface area contributed by atoms with E-state index < -0.39 is 15.2 Å². The molecule has 0 spiro atoms. The zero-order valence-corrected chi connectivity index (χ0v) is 8.23. The third kappa shape index (κ3) is 1.73. The molecule has 0 fully saturated rings. The summed E-state index contributed by atoms with van der Waals surface area (Å²) in [5.74, 6) is 0. The van der Waals surface area contributed by atoms with E-state index in [-0.39, 0.29) is 0 Å². The lowest BCUT2D eigenvalue weighted by Crippen LogP contribution is -2.27. The van der Waals surface area contributed by atoms with E-state index in [9.17, 15) is 9.90 Å². The summed E-state index contributed by atoms with van der Waals surface area (Å²) in [6, 6.07) is 7.73. The Balaban J connectivity index is 2.34. The SMILES string of the molecule is O=C([O-])[S+]1C=Cc2ccccc2S1. The molecule has 1 aromatic rings. The van der Waals surface area contributed by atoms with Crippen LogP contribution in [-0.2, 0) is 9.93 Å². The van der Waals surface area contributed by atoms with Gasteiger partial charge in [-0.15, -0.1) is 0 Å². The third-order valence-corrected chi connectivity index (χ3v) is 4.90. The van der Waals surface area contributed by atoms with Gasteiger partial charge in [0.05, 0.1) is 4.90 Å². The fourth-order valence-corrected chi connectivity index (χ4v) is 3.68. The number of rotatable bonds is 0. The average molecular weight is 210 g/mol. The van der Waals surface area contributed by atoms with Crippen molar-refractivity contribution in [2.24, 2.45) is 0 Å². The lowest BCUT2D eigenvalue weighted by molar-refractivity contribution is -0.232. The molecule has 0 saturated heterocycles. The predicted octanol–water partition coefficient (Wildman–Crippen LogP) is 1.64. The summed E-state index contributed by atoms with van der Waals surface area (Å²) < 4.78 is 0. The first kappa shape index (κ1) is 8.72. The molecule has 2 nitrogen and oxygen atoms in total. The Morgan fingerprint density at radius 2 is 2.15 bits per heavy atom. The number of hydrogen-bond donors (Lipinski definition) is 0. The van der Waals surface area contributed by atoms with E-state index in [2.05, 4.69) is 0 Å². The summed E-state index contributed by atoms with van der Waals surface area (Å²) in [4.78, 5) is 11.6. The van der Waals surface area contributed by atoms with Crippen LogP contribution in [-0.4, -0.2) is 5.30 Å². The monoisotopic (exact) mass is 210 g/mol. The number of carboxylic acid groups (broad SMARTS) is 1. The van der Waals surface area contributed by atoms with Crippen LogP contribution in [0.15, 0.2) is 34.6 Å². The van der Waals surface area contributed by atoms with E-state index in [0.29, 0.717) is 0 Å². The maximum absolute atomic E-state index is 10.6. The Labute approximate surface area is 82.4 Å². The molecule has 0 aromatic heterocycles. The van der Waals surface area contributed by atoms with Gasteiger partial charge in [-0.3, -0.25) is 0 Å². The van der Waals surface area contributed by atoms with Crippen LogP contribution in [0.5, 0.6) is 0 Å². The van der Waals surface area contributed by atoms with Gasteiger partial charge in [-0.2, -0.15) is 0 Å². The van der Waals surface area contributed by atoms with Gasteiger partial charge in [0.2, 0.25) is 0 Å². The first-order valence-electron chi connectivity index (χ1n) is 3.67. The van der Waals surface area contributed by atoms with E-state index in [1.54, 1.807) is 5.41 Å². The summed E-state index contributed by atoms with van der Waals surface area (Å²) in [6.07, 6.45) is 1.84. The van der Waals surface area contributed by atoms with Crippen LogP contribution >= 0.6 is 10.8 Å². The Hall–Kier alpha value is -0.870. The van der Waals surface area contributed by atoms with Crippen LogP contribution in [0.2, 0.25) is 0 Å². The highest BCUT2D eigenvalue weighted by molar-refractivity contribution is 8.80. The molecule has 0 radical (unpaired) electrons. The maximum atomic E-state index is 10.6. The van der Waals surface area contributed by atoms with E-state index in [1.165, 1.54) is 10.8 Å². The van der Waals surface area contributed by atoms with E-state index in [0.717, 1.165) is 10.5 Å². The van der Waals surface area contributed by atoms with Crippen molar-refractivity contribution >= 4 is 32.1 Å². The largest absolute Gasteiger partial charge is 0.503 e. The van der Waals surface area contributed by atoms with Crippen molar-refractivity contribution in [1.82, 2.24) is 0 Å². The van der Waals surface area contributed by atoms with Gasteiger partial charge in [0.15, 0.2) is 0 Å². The molecule has 2 rings (SSSR count). The molecule has 0 N–H and O–H groups in total. The lowest BCUT2D eigenvalue weighted by Gasteiger charge is -2.08. The predicted molar refractivity (Wildman–Crippen MR) is 54.1 cm³/mol. The number of fused-ring (bicyclic) bond motifs is 1. The van der Waals surface area contributed by atoms with Gasteiger partial charge in [0, 0.05) is 0 Å². The highest BCUT2D eigenvalue weighted by Crippen LogP contribution is 2.35. The van der Waals surface area contributed by atoms with Gasteiger partial charge >= 0.3 is 0 Å². The summed E-state index contributed by atoms with van der Waals surface area (Å²) in [5, 5.41) is 11.3. The molecule has 1 aliphatic heterocycles. The Kier molecular flexibility index (Phi) is 2.33. The van der Waals surface area contributed by atoms with Gasteiger partial charge < -0.3 is 9.90 Å². The minimum Gasteiger partial charge on any atom is -0.503 e. The summed E-state index contributed by atoms with van der Waals surface area (Å²) in [5.41, 5.74) is 1.08. The van der Waals surface area contributed by atoms with Crippen LogP contribution in [0, 0.1) is 0 Å². The van der Waals surface area contributed by atoms with Crippen LogP contribution < -0.4 is 5.11 Å². The smallest absolute Gasteiger partial charge is 0.292 e. The molecular weight excluding hydrogens is 204 g/mol. The molecule has 1 aromatic carbocycles. The van der Waals surface area contributed by atoms with Crippen molar-refractivity contribution in [3.05, 3.63) is 35.2 Å². The van der Waals surface area contributed by atoms with E-state index >= 15 is 0 Å². The van der Waals surface area contributed by atoms with Crippen molar-refractivity contribution < 1.29 is 9.90 Å². The van der Waals surface area contributed by atoms with Crippen LogP contribution in [0.3, 0.4) is 0 Å². The zero-order chi connectivity index (χ0) is 9.26. The summed E-state index contributed by atoms with van der Waals surface area (Å²) >= 11 is 0. The highest BCUT2D eigenvalue weighted by atomic mass is 33.1. The lowest BCUT2D eigenvalue weighted by atomic mass is 10.2. The molecule has 0 bridgehead atoms. The van der Waals surface area contributed by atoms with Crippen molar-refractivity contribution in [2.45, 2.75) is 4.90 Å². The van der Waals surface area contributed by atoms with Gasteiger partial charge in [0.1, 0.15) is 26.1 Å². The van der Waals surface area contributed by atoms with Crippen molar-refractivity contribution in [3.63, 3.8) is 0 Å². The molecule has 1 atom stereocenters. The van der Waals surface area contributed by atoms with E-state index in [4.69, 9.17) is 0 Å². The molecule has 1 aliphatic rings. The number of carbonyl (C=O) groups excluding carboxylic acids is 1. The molecule has 4 heteroatoms. The Bertz CT molecular complexity index is 374. The van der Waals surface area contributed by atoms with E-state index in [1.807, 2.05) is 30.3 Å². The van der Waals surface area contributed by atoms with Crippen LogP contribution in [0.4, 0.5) is 4.79 Å². The highest BCUT2D eigenvalue weighted by Gasteiger charge is 2.26. The van der Waals surface area contributed by atoms with Gasteiger partial charge in [-0.1, -0.05) is 18.2 Å². The fraction of sp³-hybridized carbons (Fsp3) is 0. The fourth-order valence-electron chi connectivity index (χ4n) is 1.04. The molecule has 0 amide bonds.